The average Bonchev–Trinajstić information content (AvgIpc) is 2.14. The molecule has 0 aromatic carbocycles. The molecule has 3 heteroatoms. The molecule has 0 bridgehead atoms. The zero-order valence-corrected chi connectivity index (χ0v) is 5.69. The molecule has 1 atom stereocenters. The fourth-order valence-electron chi connectivity index (χ4n) is 0.666. The first-order valence-electron chi connectivity index (χ1n) is 2.63. The molecule has 0 amide bonds. The summed E-state index contributed by atoms with van der Waals surface area (Å²) in [5, 5.41) is 3.76. The molecule has 1 rings (SSSR count). The Morgan fingerprint density at radius 2 is 2.75 bits per heavy atom. The Morgan fingerprint density at radius 1 is 2.00 bits per heavy atom. The van der Waals surface area contributed by atoms with Gasteiger partial charge >= 0.3 is 0 Å². The Bertz CT molecular complexity index is 113. The van der Waals surface area contributed by atoms with Crippen LogP contribution in [0.25, 0.3) is 0 Å². The van der Waals surface area contributed by atoms with Gasteiger partial charge in [0, 0.05) is 12.2 Å². The molecule has 0 aromatic heterocycles. The van der Waals surface area contributed by atoms with Crippen LogP contribution in [0.15, 0.2) is 5.16 Å². The van der Waals surface area contributed by atoms with E-state index < -0.39 is 0 Å². The van der Waals surface area contributed by atoms with Gasteiger partial charge in [-0.2, -0.15) is 12.6 Å². The Hall–Kier alpha value is -0.180. The van der Waals surface area contributed by atoms with Gasteiger partial charge in [-0.25, -0.2) is 0 Å². The Balaban J connectivity index is 2.32. The molecule has 1 aliphatic rings. The van der Waals surface area contributed by atoms with Crippen LogP contribution in [0.4, 0.5) is 0 Å². The maximum Gasteiger partial charge on any atom is 0.141 e. The third-order valence-electron chi connectivity index (χ3n) is 1.08. The Morgan fingerprint density at radius 3 is 3.00 bits per heavy atom. The van der Waals surface area contributed by atoms with Gasteiger partial charge in [0.25, 0.3) is 0 Å². The summed E-state index contributed by atoms with van der Waals surface area (Å²) in [6, 6.07) is 0. The second-order valence-electron chi connectivity index (χ2n) is 1.94. The number of hydrogen-bond acceptors (Lipinski definition) is 3. The number of hydrogen-bond donors (Lipinski definition) is 1. The number of oxime groups is 1. The van der Waals surface area contributed by atoms with Crippen molar-refractivity contribution in [2.75, 3.05) is 5.75 Å². The summed E-state index contributed by atoms with van der Waals surface area (Å²) < 4.78 is 0. The standard InChI is InChI=1S/C5H9NOS/c1-4-2-5(3-8)7-6-4/h5,8H,2-3H2,1H3. The van der Waals surface area contributed by atoms with E-state index in [1.54, 1.807) is 0 Å². The molecule has 0 fully saturated rings. The minimum absolute atomic E-state index is 0.235. The monoisotopic (exact) mass is 131 g/mol. The molecule has 2 nitrogen and oxygen atoms in total. The molecule has 8 heavy (non-hydrogen) atoms. The van der Waals surface area contributed by atoms with Crippen LogP contribution in [-0.2, 0) is 4.84 Å². The molecule has 0 N–H and O–H groups in total. The lowest BCUT2D eigenvalue weighted by molar-refractivity contribution is 0.103. The number of thiol groups is 1. The summed E-state index contributed by atoms with van der Waals surface area (Å²) in [6.07, 6.45) is 1.18. The molecule has 1 unspecified atom stereocenters. The quantitative estimate of drug-likeness (QED) is 0.528. The minimum atomic E-state index is 0.235. The van der Waals surface area contributed by atoms with Crippen LogP contribution in [0.5, 0.6) is 0 Å². The summed E-state index contributed by atoms with van der Waals surface area (Å²) in [5.41, 5.74) is 1.07. The van der Waals surface area contributed by atoms with E-state index in [4.69, 9.17) is 4.84 Å². The fourth-order valence-corrected chi connectivity index (χ4v) is 0.862. The highest BCUT2D eigenvalue weighted by atomic mass is 32.1. The van der Waals surface area contributed by atoms with Crippen LogP contribution in [0.3, 0.4) is 0 Å². The van der Waals surface area contributed by atoms with Crippen LogP contribution in [-0.4, -0.2) is 17.6 Å². The summed E-state index contributed by atoms with van der Waals surface area (Å²) >= 11 is 4.06. The SMILES string of the molecule is CC1=NOC(CS)C1. The zero-order valence-electron chi connectivity index (χ0n) is 4.79. The van der Waals surface area contributed by atoms with E-state index in [-0.39, 0.29) is 6.10 Å². The zero-order chi connectivity index (χ0) is 5.98. The molecule has 0 spiro atoms. The number of nitrogens with zero attached hydrogens (tertiary/aromatic N) is 1. The van der Waals surface area contributed by atoms with Crippen LogP contribution in [0, 0.1) is 0 Å². The number of rotatable bonds is 1. The first kappa shape index (κ1) is 5.95. The van der Waals surface area contributed by atoms with Crippen molar-refractivity contribution in [3.05, 3.63) is 0 Å². The van der Waals surface area contributed by atoms with Crippen LogP contribution < -0.4 is 0 Å². The average molecular weight is 131 g/mol. The Labute approximate surface area is 54.3 Å². The highest BCUT2D eigenvalue weighted by molar-refractivity contribution is 7.80. The molecule has 1 aliphatic heterocycles. The van der Waals surface area contributed by atoms with Crippen molar-refractivity contribution in [1.29, 1.82) is 0 Å². The lowest BCUT2D eigenvalue weighted by Gasteiger charge is -1.99. The molecule has 0 saturated carbocycles. The van der Waals surface area contributed by atoms with E-state index in [9.17, 15) is 0 Å². The minimum Gasteiger partial charge on any atom is -0.391 e. The molecular formula is C5H9NOS. The first-order valence-corrected chi connectivity index (χ1v) is 3.26. The van der Waals surface area contributed by atoms with Gasteiger partial charge in [-0.3, -0.25) is 0 Å². The van der Waals surface area contributed by atoms with E-state index in [1.165, 1.54) is 0 Å². The first-order chi connectivity index (χ1) is 3.83. The normalized spacial score (nSPS) is 27.2. The van der Waals surface area contributed by atoms with Crippen molar-refractivity contribution < 1.29 is 4.84 Å². The summed E-state index contributed by atoms with van der Waals surface area (Å²) in [5.74, 6) is 0.765. The molecule has 0 saturated heterocycles. The molecule has 46 valence electrons. The van der Waals surface area contributed by atoms with Crippen LogP contribution in [0.1, 0.15) is 13.3 Å². The second-order valence-corrected chi connectivity index (χ2v) is 2.31. The van der Waals surface area contributed by atoms with E-state index in [1.807, 2.05) is 6.92 Å². The van der Waals surface area contributed by atoms with Crippen molar-refractivity contribution in [3.63, 3.8) is 0 Å². The van der Waals surface area contributed by atoms with Gasteiger partial charge in [0.05, 0.1) is 5.71 Å². The molecule has 1 heterocycles. The largest absolute Gasteiger partial charge is 0.391 e. The van der Waals surface area contributed by atoms with Gasteiger partial charge in [0.2, 0.25) is 0 Å². The maximum absolute atomic E-state index is 4.93. The van der Waals surface area contributed by atoms with Crippen molar-refractivity contribution in [1.82, 2.24) is 0 Å². The smallest absolute Gasteiger partial charge is 0.141 e. The van der Waals surface area contributed by atoms with Gasteiger partial charge in [0.15, 0.2) is 0 Å². The third kappa shape index (κ3) is 1.15. The van der Waals surface area contributed by atoms with Crippen molar-refractivity contribution >= 4 is 18.3 Å². The van der Waals surface area contributed by atoms with Crippen LogP contribution in [0.2, 0.25) is 0 Å². The summed E-state index contributed by atoms with van der Waals surface area (Å²) in [7, 11) is 0. The predicted octanol–water partition coefficient (Wildman–Crippen LogP) is 1.08. The lowest BCUT2D eigenvalue weighted by atomic mass is 10.2. The van der Waals surface area contributed by atoms with Gasteiger partial charge in [-0.1, -0.05) is 5.16 Å². The van der Waals surface area contributed by atoms with Crippen molar-refractivity contribution in [3.8, 4) is 0 Å². The molecule has 0 radical (unpaired) electrons. The molecule has 0 aliphatic carbocycles. The van der Waals surface area contributed by atoms with Gasteiger partial charge in [0.1, 0.15) is 6.10 Å². The molecule has 0 aromatic rings. The highest BCUT2D eigenvalue weighted by Gasteiger charge is 2.14. The van der Waals surface area contributed by atoms with E-state index in [0.717, 1.165) is 17.9 Å². The van der Waals surface area contributed by atoms with Crippen molar-refractivity contribution in [2.24, 2.45) is 5.16 Å². The molecular weight excluding hydrogens is 122 g/mol. The van der Waals surface area contributed by atoms with E-state index in [2.05, 4.69) is 17.8 Å². The third-order valence-corrected chi connectivity index (χ3v) is 1.49. The fraction of sp³-hybridized carbons (Fsp3) is 0.800. The van der Waals surface area contributed by atoms with Gasteiger partial charge < -0.3 is 4.84 Å². The summed E-state index contributed by atoms with van der Waals surface area (Å²) in [4.78, 5) is 4.93. The van der Waals surface area contributed by atoms with Gasteiger partial charge in [-0.05, 0) is 6.92 Å². The highest BCUT2D eigenvalue weighted by Crippen LogP contribution is 2.10. The van der Waals surface area contributed by atoms with Crippen LogP contribution >= 0.6 is 12.6 Å². The van der Waals surface area contributed by atoms with E-state index >= 15 is 0 Å². The topological polar surface area (TPSA) is 21.6 Å². The van der Waals surface area contributed by atoms with E-state index in [0.29, 0.717) is 0 Å². The second kappa shape index (κ2) is 2.40. The van der Waals surface area contributed by atoms with Crippen molar-refractivity contribution in [2.45, 2.75) is 19.4 Å². The summed E-state index contributed by atoms with van der Waals surface area (Å²) in [6.45, 7) is 1.96. The lowest BCUT2D eigenvalue weighted by Crippen LogP contribution is -2.07. The predicted molar refractivity (Wildman–Crippen MR) is 36.5 cm³/mol. The Kier molecular flexibility index (Phi) is 1.78. The maximum atomic E-state index is 4.93. The van der Waals surface area contributed by atoms with Gasteiger partial charge in [-0.15, -0.1) is 0 Å².